The number of ether oxygens (including phenoxy) is 3. The normalized spacial score (nSPS) is 11.0. The zero-order chi connectivity index (χ0) is 16.9. The molecule has 1 saturated carbocycles. The fraction of sp³-hybridized carbons (Fsp3) is 0.818. The van der Waals surface area contributed by atoms with Gasteiger partial charge in [0.1, 0.15) is 6.61 Å². The summed E-state index contributed by atoms with van der Waals surface area (Å²) in [7, 11) is 16.3. The molecule has 1 rings (SSSR count). The van der Waals surface area contributed by atoms with Gasteiger partial charge in [0.05, 0.1) is 26.4 Å². The molecule has 0 aliphatic heterocycles. The molecule has 0 radical (unpaired) electrons. The summed E-state index contributed by atoms with van der Waals surface area (Å²) in [6.07, 6.45) is 4.50. The van der Waals surface area contributed by atoms with E-state index in [1.54, 1.807) is 7.11 Å². The number of hydrogen-bond donors (Lipinski definition) is 1. The Hall–Kier alpha value is 1.06. The zero-order valence-electron chi connectivity index (χ0n) is 12.5. The van der Waals surface area contributed by atoms with Gasteiger partial charge >= 0.3 is 67.2 Å². The third kappa shape index (κ3) is 69.3. The van der Waals surface area contributed by atoms with Crippen LogP contribution in [0.4, 0.5) is 0 Å². The topological polar surface area (TPSA) is 82.1 Å². The number of halogens is 3. The molecule has 6 nitrogen and oxygen atoms in total. The summed E-state index contributed by atoms with van der Waals surface area (Å²) >= 11 is 0.667. The molecule has 0 spiro atoms. The van der Waals surface area contributed by atoms with Crippen molar-refractivity contribution in [3.63, 3.8) is 0 Å². The number of aliphatic carboxylic acids is 1. The molecule has 0 amide bonds. The van der Waals surface area contributed by atoms with Crippen LogP contribution in [0.2, 0.25) is 0 Å². The van der Waals surface area contributed by atoms with Crippen LogP contribution in [0, 0.1) is 7.43 Å². The summed E-state index contributed by atoms with van der Waals surface area (Å²) < 4.78 is 22.4. The molecule has 0 aromatic rings. The Morgan fingerprint density at radius 3 is 1.73 bits per heavy atom. The van der Waals surface area contributed by atoms with Crippen LogP contribution >= 0.6 is 30.3 Å². The summed E-state index contributed by atoms with van der Waals surface area (Å²) in [5, 5.41) is 8.17. The van der Waals surface area contributed by atoms with Gasteiger partial charge in [-0.25, -0.2) is 4.79 Å². The van der Waals surface area contributed by atoms with Crippen molar-refractivity contribution < 1.29 is 55.1 Å². The first-order chi connectivity index (χ1) is 10.0. The standard InChI is InChI=1S/C7H14O5.C3H6.CH3.3ClH.2Fe.O/c1-10-2-3-11-4-5-12-6-7(8)9;1-2-3-1;;;;;;;/h2-6H2,1H3,(H,8,9);1-3H2;1H3;3*1H;;;/q;;-1;;;;+1;+3;/p-3. The van der Waals surface area contributed by atoms with E-state index in [1.165, 1.54) is 19.3 Å². The second kappa shape index (κ2) is 30.0. The van der Waals surface area contributed by atoms with Gasteiger partial charge in [-0.3, -0.25) is 0 Å². The van der Waals surface area contributed by atoms with Crippen LogP contribution in [-0.2, 0) is 50.0 Å². The number of methoxy groups -OCH3 is 1. The van der Waals surface area contributed by atoms with E-state index in [0.29, 0.717) is 26.4 Å². The number of rotatable bonds is 8. The molecule has 0 aromatic heterocycles. The van der Waals surface area contributed by atoms with Gasteiger partial charge in [-0.15, -0.1) is 0 Å². The van der Waals surface area contributed by atoms with E-state index in [0.717, 1.165) is 0 Å². The second-order valence-electron chi connectivity index (χ2n) is 3.26. The van der Waals surface area contributed by atoms with Gasteiger partial charge in [-0.05, 0) is 0 Å². The van der Waals surface area contributed by atoms with Crippen molar-refractivity contribution in [2.45, 2.75) is 19.3 Å². The maximum absolute atomic E-state index is 9.95. The van der Waals surface area contributed by atoms with E-state index in [2.05, 4.69) is 0 Å². The van der Waals surface area contributed by atoms with Crippen molar-refractivity contribution in [3.8, 4) is 0 Å². The molecule has 11 heteroatoms. The fourth-order valence-electron chi connectivity index (χ4n) is 0.522. The summed E-state index contributed by atoms with van der Waals surface area (Å²) in [6, 6.07) is 0. The molecular weight excluding hydrogens is 446 g/mol. The van der Waals surface area contributed by atoms with Crippen LogP contribution in [0.15, 0.2) is 0 Å². The van der Waals surface area contributed by atoms with Gasteiger partial charge in [-0.1, -0.05) is 19.3 Å². The van der Waals surface area contributed by atoms with Crippen LogP contribution in [-0.4, -0.2) is 51.2 Å². The second-order valence-corrected chi connectivity index (χ2v) is 8.73. The first-order valence-corrected chi connectivity index (χ1v) is 10.7. The molecule has 0 atom stereocenters. The monoisotopic (exact) mass is 468 g/mol. The summed E-state index contributed by atoms with van der Waals surface area (Å²) in [4.78, 5) is 9.95. The average molecular weight is 469 g/mol. The van der Waals surface area contributed by atoms with Crippen molar-refractivity contribution in [1.82, 2.24) is 0 Å². The maximum atomic E-state index is 9.95. The van der Waals surface area contributed by atoms with Gasteiger partial charge in [0, 0.05) is 7.11 Å². The van der Waals surface area contributed by atoms with Crippen molar-refractivity contribution in [3.05, 3.63) is 7.43 Å². The van der Waals surface area contributed by atoms with E-state index in [4.69, 9.17) is 53.4 Å². The van der Waals surface area contributed by atoms with E-state index in [-0.39, 0.29) is 14.0 Å². The number of carboxylic acids is 1. The van der Waals surface area contributed by atoms with E-state index >= 15 is 0 Å². The van der Waals surface area contributed by atoms with Gasteiger partial charge in [0.2, 0.25) is 0 Å². The van der Waals surface area contributed by atoms with E-state index in [9.17, 15) is 4.79 Å². The number of carboxylic acid groups (broad SMARTS) is 1. The first-order valence-electron chi connectivity index (χ1n) is 5.68. The third-order valence-electron chi connectivity index (χ3n) is 1.38. The van der Waals surface area contributed by atoms with Crippen molar-refractivity contribution in [2.24, 2.45) is 0 Å². The Balaban J connectivity index is -0.000000133. The third-order valence-corrected chi connectivity index (χ3v) is 1.38. The van der Waals surface area contributed by atoms with Crippen molar-refractivity contribution in [1.29, 1.82) is 0 Å². The minimum atomic E-state index is -1.33. The zero-order valence-corrected chi connectivity index (χ0v) is 17.0. The molecule has 1 aliphatic rings. The van der Waals surface area contributed by atoms with Gasteiger partial charge in [-0.2, -0.15) is 0 Å². The van der Waals surface area contributed by atoms with E-state index < -0.39 is 17.1 Å². The summed E-state index contributed by atoms with van der Waals surface area (Å²) in [6.45, 7) is 1.48. The molecule has 0 bridgehead atoms. The first kappa shape index (κ1) is 30.9. The summed E-state index contributed by atoms with van der Waals surface area (Å²) in [5.41, 5.74) is 0. The molecule has 1 N–H and O–H groups in total. The SMILES string of the molecule is C1CC1.COCCOCCOCC(=O)O.[CH3-].[Cl][Fe]([Cl])[Cl].[O]=[Fe+]. The van der Waals surface area contributed by atoms with Crippen LogP contribution in [0.1, 0.15) is 19.3 Å². The van der Waals surface area contributed by atoms with E-state index in [1.807, 2.05) is 15.9 Å². The molecular formula is C11H23Cl3Fe2O6. The quantitative estimate of drug-likeness (QED) is 0.334. The Bertz CT molecular complexity index is 209. The number of carbonyl (C=O) groups is 1. The van der Waals surface area contributed by atoms with Crippen LogP contribution in [0.25, 0.3) is 0 Å². The Labute approximate surface area is 157 Å². The molecule has 0 saturated heterocycles. The predicted molar refractivity (Wildman–Crippen MR) is 79.7 cm³/mol. The fourth-order valence-corrected chi connectivity index (χ4v) is 0.522. The Kier molecular flexibility index (Phi) is 42.1. The van der Waals surface area contributed by atoms with Crippen LogP contribution in [0.5, 0.6) is 0 Å². The molecule has 22 heavy (non-hydrogen) atoms. The molecule has 0 aromatic carbocycles. The Morgan fingerprint density at radius 2 is 1.41 bits per heavy atom. The van der Waals surface area contributed by atoms with Gasteiger partial charge in [0.15, 0.2) is 0 Å². The molecule has 140 valence electrons. The molecule has 0 heterocycles. The van der Waals surface area contributed by atoms with Gasteiger partial charge < -0.3 is 26.7 Å². The molecule has 0 unspecified atom stereocenters. The molecule has 1 fully saturated rings. The Morgan fingerprint density at radius 1 is 1.05 bits per heavy atom. The summed E-state index contributed by atoms with van der Waals surface area (Å²) in [5.74, 6) is -0.966. The predicted octanol–water partition coefficient (Wildman–Crippen LogP) is 3.32. The van der Waals surface area contributed by atoms with Crippen molar-refractivity contribution >= 4 is 36.3 Å². The minimum absolute atomic E-state index is 0. The van der Waals surface area contributed by atoms with Crippen LogP contribution < -0.4 is 0 Å². The average Bonchev–Trinajstić information content (AvgIpc) is 3.27. The van der Waals surface area contributed by atoms with Crippen molar-refractivity contribution in [2.75, 3.05) is 40.1 Å². The van der Waals surface area contributed by atoms with Crippen LogP contribution in [0.3, 0.4) is 0 Å². The number of hydrogen-bond acceptors (Lipinski definition) is 5. The van der Waals surface area contributed by atoms with Gasteiger partial charge in [0.25, 0.3) is 0 Å². The molecule has 1 aliphatic carbocycles.